The maximum absolute atomic E-state index is 11.6. The van der Waals surface area contributed by atoms with Crippen molar-refractivity contribution in [1.29, 1.82) is 0 Å². The first-order valence-corrected chi connectivity index (χ1v) is 6.31. The first-order chi connectivity index (χ1) is 9.29. The molecule has 0 aliphatic carbocycles. The molecule has 4 nitrogen and oxygen atoms in total. The predicted octanol–water partition coefficient (Wildman–Crippen LogP) is 2.43. The van der Waals surface area contributed by atoms with E-state index in [4.69, 9.17) is 5.73 Å². The molecule has 0 aliphatic rings. The molecular weight excluding hydrogens is 238 g/mol. The van der Waals surface area contributed by atoms with Gasteiger partial charge in [0.05, 0.1) is 5.69 Å². The third-order valence-corrected chi connectivity index (χ3v) is 2.71. The summed E-state index contributed by atoms with van der Waals surface area (Å²) in [7, 11) is 0. The van der Waals surface area contributed by atoms with E-state index in [0.29, 0.717) is 19.4 Å². The van der Waals surface area contributed by atoms with Gasteiger partial charge in [-0.15, -0.1) is 0 Å². The molecule has 0 radical (unpaired) electrons. The zero-order valence-electron chi connectivity index (χ0n) is 10.7. The SMILES string of the molecule is NCCCC(=O)Nc1cccc(-c2ccccn2)c1. The topological polar surface area (TPSA) is 68.0 Å². The maximum Gasteiger partial charge on any atom is 0.224 e. The van der Waals surface area contributed by atoms with Crippen molar-refractivity contribution in [3.63, 3.8) is 0 Å². The van der Waals surface area contributed by atoms with Crippen LogP contribution in [0.5, 0.6) is 0 Å². The van der Waals surface area contributed by atoms with E-state index in [1.54, 1.807) is 6.20 Å². The van der Waals surface area contributed by atoms with Crippen LogP contribution in [0.1, 0.15) is 12.8 Å². The van der Waals surface area contributed by atoms with Gasteiger partial charge in [-0.1, -0.05) is 18.2 Å². The lowest BCUT2D eigenvalue weighted by atomic mass is 10.1. The van der Waals surface area contributed by atoms with Gasteiger partial charge in [0, 0.05) is 23.9 Å². The number of aromatic nitrogens is 1. The lowest BCUT2D eigenvalue weighted by Gasteiger charge is -2.07. The summed E-state index contributed by atoms with van der Waals surface area (Å²) in [5, 5.41) is 2.86. The molecule has 2 aromatic rings. The Bertz CT molecular complexity index is 540. The second-order valence-corrected chi connectivity index (χ2v) is 4.24. The minimum atomic E-state index is -0.0105. The fourth-order valence-corrected chi connectivity index (χ4v) is 1.78. The van der Waals surface area contributed by atoms with Crippen molar-refractivity contribution < 1.29 is 4.79 Å². The summed E-state index contributed by atoms with van der Waals surface area (Å²) >= 11 is 0. The van der Waals surface area contributed by atoms with Gasteiger partial charge in [-0.3, -0.25) is 9.78 Å². The van der Waals surface area contributed by atoms with E-state index in [0.717, 1.165) is 16.9 Å². The second kappa shape index (κ2) is 6.66. The van der Waals surface area contributed by atoms with Gasteiger partial charge in [-0.05, 0) is 37.2 Å². The summed E-state index contributed by atoms with van der Waals surface area (Å²) in [4.78, 5) is 15.9. The number of hydrogen-bond donors (Lipinski definition) is 2. The van der Waals surface area contributed by atoms with Crippen molar-refractivity contribution in [2.45, 2.75) is 12.8 Å². The molecule has 4 heteroatoms. The Morgan fingerprint density at radius 1 is 1.21 bits per heavy atom. The molecule has 0 spiro atoms. The molecule has 3 N–H and O–H groups in total. The minimum absolute atomic E-state index is 0.0105. The minimum Gasteiger partial charge on any atom is -0.330 e. The van der Waals surface area contributed by atoms with Crippen molar-refractivity contribution >= 4 is 11.6 Å². The fourth-order valence-electron chi connectivity index (χ4n) is 1.78. The quantitative estimate of drug-likeness (QED) is 0.862. The Hall–Kier alpha value is -2.20. The number of amides is 1. The maximum atomic E-state index is 11.6. The van der Waals surface area contributed by atoms with Crippen molar-refractivity contribution in [1.82, 2.24) is 4.98 Å². The average Bonchev–Trinajstić information content (AvgIpc) is 2.46. The van der Waals surface area contributed by atoms with Crippen LogP contribution in [0.3, 0.4) is 0 Å². The van der Waals surface area contributed by atoms with Gasteiger partial charge in [0.25, 0.3) is 0 Å². The van der Waals surface area contributed by atoms with Crippen LogP contribution in [0.4, 0.5) is 5.69 Å². The first-order valence-electron chi connectivity index (χ1n) is 6.31. The predicted molar refractivity (Wildman–Crippen MR) is 76.6 cm³/mol. The molecule has 98 valence electrons. The summed E-state index contributed by atoms with van der Waals surface area (Å²) in [6.45, 7) is 0.529. The Labute approximate surface area is 112 Å². The highest BCUT2D eigenvalue weighted by Gasteiger charge is 2.03. The van der Waals surface area contributed by atoms with E-state index in [2.05, 4.69) is 10.3 Å². The van der Waals surface area contributed by atoms with Crippen LogP contribution in [0.2, 0.25) is 0 Å². The normalized spacial score (nSPS) is 10.2. The van der Waals surface area contributed by atoms with Gasteiger partial charge in [0.1, 0.15) is 0 Å². The van der Waals surface area contributed by atoms with Crippen LogP contribution in [0.25, 0.3) is 11.3 Å². The zero-order valence-corrected chi connectivity index (χ0v) is 10.7. The van der Waals surface area contributed by atoms with E-state index in [1.807, 2.05) is 42.5 Å². The molecule has 0 bridgehead atoms. The number of anilines is 1. The van der Waals surface area contributed by atoms with Crippen LogP contribution in [-0.2, 0) is 4.79 Å². The van der Waals surface area contributed by atoms with E-state index >= 15 is 0 Å². The molecule has 0 unspecified atom stereocenters. The number of carbonyl (C=O) groups excluding carboxylic acids is 1. The van der Waals surface area contributed by atoms with Gasteiger partial charge in [0.15, 0.2) is 0 Å². The molecule has 1 aromatic heterocycles. The smallest absolute Gasteiger partial charge is 0.224 e. The van der Waals surface area contributed by atoms with Crippen LogP contribution >= 0.6 is 0 Å². The molecule has 1 aromatic carbocycles. The number of pyridine rings is 1. The largest absolute Gasteiger partial charge is 0.330 e. The number of nitrogens with two attached hydrogens (primary N) is 1. The molecule has 0 saturated heterocycles. The fraction of sp³-hybridized carbons (Fsp3) is 0.200. The Morgan fingerprint density at radius 2 is 2.11 bits per heavy atom. The molecule has 19 heavy (non-hydrogen) atoms. The van der Waals surface area contributed by atoms with Crippen LogP contribution in [-0.4, -0.2) is 17.4 Å². The first kappa shape index (κ1) is 13.2. The zero-order chi connectivity index (χ0) is 13.5. The van der Waals surface area contributed by atoms with Gasteiger partial charge in [-0.2, -0.15) is 0 Å². The lowest BCUT2D eigenvalue weighted by molar-refractivity contribution is -0.116. The van der Waals surface area contributed by atoms with Gasteiger partial charge in [0.2, 0.25) is 5.91 Å². The Morgan fingerprint density at radius 3 is 2.84 bits per heavy atom. The van der Waals surface area contributed by atoms with Crippen LogP contribution < -0.4 is 11.1 Å². The highest BCUT2D eigenvalue weighted by atomic mass is 16.1. The number of hydrogen-bond acceptors (Lipinski definition) is 3. The van der Waals surface area contributed by atoms with E-state index < -0.39 is 0 Å². The third kappa shape index (κ3) is 3.89. The van der Waals surface area contributed by atoms with Crippen molar-refractivity contribution in [2.24, 2.45) is 5.73 Å². The molecule has 2 rings (SSSR count). The van der Waals surface area contributed by atoms with E-state index in [9.17, 15) is 4.79 Å². The van der Waals surface area contributed by atoms with Crippen LogP contribution in [0.15, 0.2) is 48.7 Å². The standard InChI is InChI=1S/C15H17N3O/c16-9-4-8-15(19)18-13-6-3-5-12(11-13)14-7-1-2-10-17-14/h1-3,5-7,10-11H,4,8-9,16H2,(H,18,19). The number of nitrogens with zero attached hydrogens (tertiary/aromatic N) is 1. The molecule has 1 amide bonds. The summed E-state index contributed by atoms with van der Waals surface area (Å²) in [6.07, 6.45) is 2.90. The van der Waals surface area contributed by atoms with Crippen molar-refractivity contribution in [2.75, 3.05) is 11.9 Å². The second-order valence-electron chi connectivity index (χ2n) is 4.24. The highest BCUT2D eigenvalue weighted by Crippen LogP contribution is 2.20. The molecule has 0 atom stereocenters. The van der Waals surface area contributed by atoms with Gasteiger partial charge < -0.3 is 11.1 Å². The number of carbonyl (C=O) groups is 1. The molecular formula is C15H17N3O. The number of rotatable bonds is 5. The third-order valence-electron chi connectivity index (χ3n) is 2.71. The summed E-state index contributed by atoms with van der Waals surface area (Å²) < 4.78 is 0. The summed E-state index contributed by atoms with van der Waals surface area (Å²) in [6, 6.07) is 13.4. The lowest BCUT2D eigenvalue weighted by Crippen LogP contribution is -2.13. The summed E-state index contributed by atoms with van der Waals surface area (Å²) in [5.41, 5.74) is 8.04. The van der Waals surface area contributed by atoms with Crippen molar-refractivity contribution in [3.05, 3.63) is 48.7 Å². The monoisotopic (exact) mass is 255 g/mol. The van der Waals surface area contributed by atoms with Gasteiger partial charge >= 0.3 is 0 Å². The number of benzene rings is 1. The average molecular weight is 255 g/mol. The number of nitrogens with one attached hydrogen (secondary N) is 1. The summed E-state index contributed by atoms with van der Waals surface area (Å²) in [5.74, 6) is -0.0105. The Kier molecular flexibility index (Phi) is 4.64. The Balaban J connectivity index is 2.10. The molecule has 0 saturated carbocycles. The van der Waals surface area contributed by atoms with E-state index in [-0.39, 0.29) is 5.91 Å². The highest BCUT2D eigenvalue weighted by molar-refractivity contribution is 5.91. The molecule has 1 heterocycles. The van der Waals surface area contributed by atoms with Crippen LogP contribution in [0, 0.1) is 0 Å². The van der Waals surface area contributed by atoms with Gasteiger partial charge in [-0.25, -0.2) is 0 Å². The van der Waals surface area contributed by atoms with E-state index in [1.165, 1.54) is 0 Å². The molecule has 0 fully saturated rings. The molecule has 0 aliphatic heterocycles. The van der Waals surface area contributed by atoms with Crippen molar-refractivity contribution in [3.8, 4) is 11.3 Å².